The maximum Gasteiger partial charge on any atom is 0.319 e. The Hall–Kier alpha value is -4.64. The maximum absolute atomic E-state index is 17.7. The Kier molecular flexibility index (Phi) is 7.59. The Balaban J connectivity index is 1.17. The number of hydrogen-bond donors (Lipinski definition) is 1. The molecule has 0 radical (unpaired) electrons. The molecular weight excluding hydrogens is 685 g/mol. The average Bonchev–Trinajstić information content (AvgIpc) is 3.83. The Morgan fingerprint density at radius 2 is 1.87 bits per heavy atom. The van der Waals surface area contributed by atoms with Crippen molar-refractivity contribution in [3.63, 3.8) is 0 Å². The van der Waals surface area contributed by atoms with Crippen LogP contribution >= 0.6 is 0 Å². The van der Waals surface area contributed by atoms with Crippen molar-refractivity contribution in [2.45, 2.75) is 62.8 Å². The van der Waals surface area contributed by atoms with Crippen LogP contribution in [-0.4, -0.2) is 106 Å². The van der Waals surface area contributed by atoms with E-state index in [1.807, 2.05) is 0 Å². The van der Waals surface area contributed by atoms with Crippen molar-refractivity contribution in [3.05, 3.63) is 47.4 Å². The molecule has 5 aliphatic rings. The summed E-state index contributed by atoms with van der Waals surface area (Å²) in [4.78, 5) is 21.3. The topological polar surface area (TPSA) is 100 Å². The van der Waals surface area contributed by atoms with E-state index >= 15 is 8.78 Å². The minimum atomic E-state index is -0.942. The summed E-state index contributed by atoms with van der Waals surface area (Å²) in [6.45, 7) is 6.89. The molecule has 2 bridgehead atoms. The average molecular weight is 725 g/mol. The smallest absolute Gasteiger partial charge is 0.319 e. The van der Waals surface area contributed by atoms with E-state index in [0.717, 1.165) is 52.0 Å². The molecule has 13 heteroatoms. The zero-order chi connectivity index (χ0) is 36.2. The third-order valence-electron chi connectivity index (χ3n) is 12.3. The number of aromatic nitrogens is 3. The second-order valence-electron chi connectivity index (χ2n) is 15.6. The van der Waals surface area contributed by atoms with Gasteiger partial charge in [0.1, 0.15) is 41.2 Å². The molecule has 5 saturated heterocycles. The van der Waals surface area contributed by atoms with Crippen molar-refractivity contribution in [1.29, 1.82) is 0 Å². The molecule has 53 heavy (non-hydrogen) atoms. The number of aryl methyl sites for hydroxylation is 1. The Bertz CT molecular complexity index is 2350. The fraction of sp³-hybridized carbons (Fsp3) is 0.475. The summed E-state index contributed by atoms with van der Waals surface area (Å²) in [7, 11) is 0. The quantitative estimate of drug-likeness (QED) is 0.198. The molecule has 2 aromatic heterocycles. The highest BCUT2D eigenvalue weighted by molar-refractivity contribution is 6.16. The lowest BCUT2D eigenvalue weighted by molar-refractivity contribution is -0.0538. The number of terminal acetylenes is 1. The van der Waals surface area contributed by atoms with Crippen LogP contribution in [0.4, 0.5) is 19.0 Å². The Morgan fingerprint density at radius 1 is 1.06 bits per heavy atom. The molecule has 1 N–H and O–H groups in total. The number of rotatable bonds is 7. The molecule has 0 aliphatic carbocycles. The third-order valence-corrected chi connectivity index (χ3v) is 12.3. The number of benzene rings is 3. The molecule has 3 aromatic carbocycles. The molecule has 0 amide bonds. The number of nitrogens with zero attached hydrogens (tertiary/aromatic N) is 6. The first-order valence-corrected chi connectivity index (χ1v) is 18.5. The molecule has 5 aromatic rings. The molecule has 10 rings (SSSR count). The standard InChI is InChI=1S/C40H39F3N6O4/c1-3-28-30(42)8-5-23-11-27(50)12-29(31(23)28)32-34(43)35-33(37-36(32)44-21(2)53-37)38(47-16-25-6-7-26(17-47)49(25)14-22-18-51-19-22)46-39(45-35)52-20-40-9-4-10-48(40)15-24(41)13-40/h1,5,8,11-12,22,24-26,50H,4,6-7,9-10,13-20H2,2H3/t24-,25?,26?,40+/m1/s1. The molecule has 2 unspecified atom stereocenters. The highest BCUT2D eigenvalue weighted by atomic mass is 19.1. The monoisotopic (exact) mass is 724 g/mol. The summed E-state index contributed by atoms with van der Waals surface area (Å²) in [5.74, 6) is 2.14. The van der Waals surface area contributed by atoms with Crippen molar-refractivity contribution in [3.8, 4) is 35.2 Å². The van der Waals surface area contributed by atoms with E-state index < -0.39 is 23.3 Å². The van der Waals surface area contributed by atoms with Gasteiger partial charge in [-0.3, -0.25) is 9.80 Å². The highest BCUT2D eigenvalue weighted by Gasteiger charge is 2.50. The van der Waals surface area contributed by atoms with Gasteiger partial charge in [0.05, 0.1) is 35.3 Å². The summed E-state index contributed by atoms with van der Waals surface area (Å²) in [5, 5.41) is 11.9. The number of halogens is 3. The molecule has 5 aliphatic heterocycles. The third kappa shape index (κ3) is 5.16. The predicted octanol–water partition coefficient (Wildman–Crippen LogP) is 6.12. The van der Waals surface area contributed by atoms with Gasteiger partial charge in [0, 0.05) is 62.9 Å². The van der Waals surface area contributed by atoms with Crippen LogP contribution in [-0.2, 0) is 4.74 Å². The van der Waals surface area contributed by atoms with Gasteiger partial charge in [-0.15, -0.1) is 6.42 Å². The second-order valence-corrected chi connectivity index (χ2v) is 15.6. The van der Waals surface area contributed by atoms with Crippen LogP contribution in [0.1, 0.15) is 43.6 Å². The number of piperazine rings is 1. The number of hydrogen-bond acceptors (Lipinski definition) is 10. The summed E-state index contributed by atoms with van der Waals surface area (Å²) < 4.78 is 65.8. The number of fused-ring (bicyclic) bond motifs is 7. The second kappa shape index (κ2) is 12.2. The number of phenolic OH excluding ortho intramolecular Hbond substituents is 1. The number of anilines is 1. The predicted molar refractivity (Wildman–Crippen MR) is 193 cm³/mol. The van der Waals surface area contributed by atoms with E-state index in [1.54, 1.807) is 6.92 Å². The fourth-order valence-corrected chi connectivity index (χ4v) is 9.88. The highest BCUT2D eigenvalue weighted by Crippen LogP contribution is 2.47. The zero-order valence-electron chi connectivity index (χ0n) is 29.4. The van der Waals surface area contributed by atoms with Gasteiger partial charge in [-0.2, -0.15) is 9.97 Å². The minimum Gasteiger partial charge on any atom is -0.508 e. The molecule has 0 spiro atoms. The molecule has 10 nitrogen and oxygen atoms in total. The van der Waals surface area contributed by atoms with E-state index in [4.69, 9.17) is 30.3 Å². The van der Waals surface area contributed by atoms with Gasteiger partial charge in [0.15, 0.2) is 17.3 Å². The van der Waals surface area contributed by atoms with Crippen molar-refractivity contribution < 1.29 is 32.2 Å². The van der Waals surface area contributed by atoms with Crippen LogP contribution < -0.4 is 9.64 Å². The van der Waals surface area contributed by atoms with Gasteiger partial charge < -0.3 is 23.9 Å². The molecule has 5 fully saturated rings. The van der Waals surface area contributed by atoms with Crippen LogP contribution in [0.5, 0.6) is 11.8 Å². The lowest BCUT2D eigenvalue weighted by atomic mass is 9.92. The summed E-state index contributed by atoms with van der Waals surface area (Å²) in [6.07, 6.45) is 9.05. The van der Waals surface area contributed by atoms with Gasteiger partial charge >= 0.3 is 6.01 Å². The Morgan fingerprint density at radius 3 is 2.62 bits per heavy atom. The van der Waals surface area contributed by atoms with Crippen LogP contribution in [0, 0.1) is 36.8 Å². The lowest BCUT2D eigenvalue weighted by Crippen LogP contribution is -2.56. The number of aromatic hydroxyl groups is 1. The largest absolute Gasteiger partial charge is 0.508 e. The normalized spacial score (nSPS) is 26.2. The Labute approximate surface area is 303 Å². The summed E-state index contributed by atoms with van der Waals surface area (Å²) in [6, 6.07) is 6.08. The summed E-state index contributed by atoms with van der Waals surface area (Å²) >= 11 is 0. The van der Waals surface area contributed by atoms with Crippen molar-refractivity contribution >= 4 is 38.6 Å². The van der Waals surface area contributed by atoms with Gasteiger partial charge in [0.25, 0.3) is 0 Å². The van der Waals surface area contributed by atoms with Crippen LogP contribution in [0.15, 0.2) is 28.7 Å². The van der Waals surface area contributed by atoms with Crippen LogP contribution in [0.25, 0.3) is 43.9 Å². The summed E-state index contributed by atoms with van der Waals surface area (Å²) in [5.41, 5.74) is -0.0361. The first-order valence-electron chi connectivity index (χ1n) is 18.5. The van der Waals surface area contributed by atoms with E-state index in [-0.39, 0.29) is 75.0 Å². The van der Waals surface area contributed by atoms with E-state index in [9.17, 15) is 9.50 Å². The number of phenols is 1. The van der Waals surface area contributed by atoms with Gasteiger partial charge in [-0.1, -0.05) is 12.0 Å². The molecule has 0 saturated carbocycles. The molecular formula is C40H39F3N6O4. The van der Waals surface area contributed by atoms with Gasteiger partial charge in [0.2, 0.25) is 0 Å². The van der Waals surface area contributed by atoms with Crippen LogP contribution in [0.3, 0.4) is 0 Å². The van der Waals surface area contributed by atoms with Crippen molar-refractivity contribution in [2.24, 2.45) is 5.92 Å². The minimum absolute atomic E-state index is 0.0195. The first-order chi connectivity index (χ1) is 25.7. The van der Waals surface area contributed by atoms with Gasteiger partial charge in [-0.05, 0) is 61.4 Å². The van der Waals surface area contributed by atoms with Crippen molar-refractivity contribution in [2.75, 3.05) is 57.4 Å². The van der Waals surface area contributed by atoms with E-state index in [1.165, 1.54) is 24.3 Å². The van der Waals surface area contributed by atoms with Crippen molar-refractivity contribution in [1.82, 2.24) is 24.8 Å². The zero-order valence-corrected chi connectivity index (χ0v) is 29.4. The SMILES string of the molecule is C#Cc1c(F)ccc2cc(O)cc(-c3c(F)c4nc(OC[C@@]56CCCN5C[C@H](F)C6)nc(N5CC6CCC(C5)N6CC5COC5)c4c4oc(C)nc34)c12. The molecule has 7 heterocycles. The molecule has 4 atom stereocenters. The number of alkyl halides is 1. The number of ether oxygens (including phenoxy) is 2. The van der Waals surface area contributed by atoms with E-state index in [0.29, 0.717) is 48.6 Å². The van der Waals surface area contributed by atoms with Crippen LogP contribution in [0.2, 0.25) is 0 Å². The number of oxazole rings is 1. The fourth-order valence-electron chi connectivity index (χ4n) is 9.88. The van der Waals surface area contributed by atoms with E-state index in [2.05, 4.69) is 25.6 Å². The van der Waals surface area contributed by atoms with Gasteiger partial charge in [-0.25, -0.2) is 18.2 Å². The maximum atomic E-state index is 17.7. The lowest BCUT2D eigenvalue weighted by Gasteiger charge is -2.44. The first kappa shape index (κ1) is 33.0. The molecule has 274 valence electrons.